The zero-order chi connectivity index (χ0) is 10.6. The summed E-state index contributed by atoms with van der Waals surface area (Å²) in [6.07, 6.45) is 0. The number of hydrogen-bond donors (Lipinski definition) is 2. The molecule has 0 aliphatic rings. The predicted molar refractivity (Wildman–Crippen MR) is 54.4 cm³/mol. The highest BCUT2D eigenvalue weighted by atomic mass is 32.2. The molecule has 4 nitrogen and oxygen atoms in total. The molecule has 0 saturated heterocycles. The van der Waals surface area contributed by atoms with Crippen molar-refractivity contribution in [2.75, 3.05) is 6.54 Å². The molecular weight excluding hydrogens is 202 g/mol. The van der Waals surface area contributed by atoms with Gasteiger partial charge in [0.15, 0.2) is 5.37 Å². The summed E-state index contributed by atoms with van der Waals surface area (Å²) in [5, 5.41) is 1.67. The highest BCUT2D eigenvalue weighted by molar-refractivity contribution is 7.86. The molecule has 1 aromatic carbocycles. The lowest BCUT2D eigenvalue weighted by Crippen LogP contribution is -2.28. The summed E-state index contributed by atoms with van der Waals surface area (Å²) in [5.41, 5.74) is 0.539. The quantitative estimate of drug-likeness (QED) is 0.740. The molecule has 1 atom stereocenters. The Labute approximate surface area is 83.7 Å². The molecule has 0 heterocycles. The van der Waals surface area contributed by atoms with Gasteiger partial charge in [0, 0.05) is 0 Å². The van der Waals surface area contributed by atoms with E-state index in [-0.39, 0.29) is 0 Å². The van der Waals surface area contributed by atoms with Crippen molar-refractivity contribution in [3.05, 3.63) is 35.9 Å². The maximum atomic E-state index is 11.0. The Morgan fingerprint density at radius 2 is 1.93 bits per heavy atom. The van der Waals surface area contributed by atoms with Crippen LogP contribution in [0.3, 0.4) is 0 Å². The summed E-state index contributed by atoms with van der Waals surface area (Å²) in [6, 6.07) is 8.55. The van der Waals surface area contributed by atoms with Gasteiger partial charge in [-0.2, -0.15) is 8.42 Å². The summed E-state index contributed by atoms with van der Waals surface area (Å²) < 4.78 is 31.0. The van der Waals surface area contributed by atoms with Gasteiger partial charge in [0.2, 0.25) is 0 Å². The zero-order valence-corrected chi connectivity index (χ0v) is 8.66. The largest absolute Gasteiger partial charge is 0.296 e. The molecule has 0 aliphatic carbocycles. The SMILES string of the molecule is CCNC(c1ccccc1)S(=O)(=O)O. The van der Waals surface area contributed by atoms with Crippen LogP contribution in [-0.4, -0.2) is 19.5 Å². The van der Waals surface area contributed by atoms with E-state index in [2.05, 4.69) is 5.32 Å². The molecule has 0 aromatic heterocycles. The van der Waals surface area contributed by atoms with Gasteiger partial charge >= 0.3 is 0 Å². The minimum absolute atomic E-state index is 0.472. The lowest BCUT2D eigenvalue weighted by atomic mass is 10.2. The minimum atomic E-state index is -4.09. The van der Waals surface area contributed by atoms with E-state index in [9.17, 15) is 8.42 Å². The lowest BCUT2D eigenvalue weighted by Gasteiger charge is -2.14. The van der Waals surface area contributed by atoms with E-state index in [0.29, 0.717) is 12.1 Å². The third-order valence-corrected chi connectivity index (χ3v) is 2.82. The van der Waals surface area contributed by atoms with Crippen LogP contribution in [0.15, 0.2) is 30.3 Å². The van der Waals surface area contributed by atoms with E-state index < -0.39 is 15.5 Å². The number of hydrogen-bond acceptors (Lipinski definition) is 3. The average molecular weight is 215 g/mol. The lowest BCUT2D eigenvalue weighted by molar-refractivity contribution is 0.455. The molecule has 1 rings (SSSR count). The topological polar surface area (TPSA) is 66.4 Å². The van der Waals surface area contributed by atoms with Crippen molar-refractivity contribution in [2.24, 2.45) is 0 Å². The molecule has 1 unspecified atom stereocenters. The highest BCUT2D eigenvalue weighted by Crippen LogP contribution is 2.17. The summed E-state index contributed by atoms with van der Waals surface area (Å²) in [5.74, 6) is 0. The second-order valence-electron chi connectivity index (χ2n) is 2.86. The molecule has 0 radical (unpaired) electrons. The molecule has 0 aliphatic heterocycles. The van der Waals surface area contributed by atoms with Crippen molar-refractivity contribution in [1.82, 2.24) is 5.32 Å². The average Bonchev–Trinajstić information content (AvgIpc) is 2.14. The first-order valence-corrected chi connectivity index (χ1v) is 5.80. The Bertz CT molecular complexity index is 374. The van der Waals surface area contributed by atoms with E-state index in [1.165, 1.54) is 0 Å². The van der Waals surface area contributed by atoms with Crippen molar-refractivity contribution in [1.29, 1.82) is 0 Å². The van der Waals surface area contributed by atoms with Gasteiger partial charge in [-0.1, -0.05) is 37.3 Å². The Morgan fingerprint density at radius 3 is 2.36 bits per heavy atom. The predicted octanol–water partition coefficient (Wildman–Crippen LogP) is 1.18. The van der Waals surface area contributed by atoms with Crippen molar-refractivity contribution in [3.63, 3.8) is 0 Å². The molecule has 0 saturated carbocycles. The smallest absolute Gasteiger partial charge is 0.285 e. The van der Waals surface area contributed by atoms with Gasteiger partial charge in [-0.15, -0.1) is 0 Å². The van der Waals surface area contributed by atoms with Crippen molar-refractivity contribution in [2.45, 2.75) is 12.3 Å². The first kappa shape index (κ1) is 11.2. The van der Waals surface area contributed by atoms with Gasteiger partial charge in [-0.3, -0.25) is 9.87 Å². The van der Waals surface area contributed by atoms with Crippen molar-refractivity contribution >= 4 is 10.1 Å². The molecule has 0 fully saturated rings. The van der Waals surface area contributed by atoms with E-state index in [4.69, 9.17) is 4.55 Å². The number of benzene rings is 1. The Balaban J connectivity index is 3.02. The van der Waals surface area contributed by atoms with Crippen LogP contribution in [-0.2, 0) is 10.1 Å². The Morgan fingerprint density at radius 1 is 1.36 bits per heavy atom. The van der Waals surface area contributed by atoms with E-state index in [1.807, 2.05) is 0 Å². The summed E-state index contributed by atoms with van der Waals surface area (Å²) in [7, 11) is -4.09. The molecule has 0 bridgehead atoms. The summed E-state index contributed by atoms with van der Waals surface area (Å²) in [6.45, 7) is 2.25. The van der Waals surface area contributed by atoms with Crippen LogP contribution in [0.4, 0.5) is 0 Å². The monoisotopic (exact) mass is 215 g/mol. The minimum Gasteiger partial charge on any atom is -0.296 e. The fourth-order valence-electron chi connectivity index (χ4n) is 1.21. The van der Waals surface area contributed by atoms with Gasteiger partial charge in [-0.05, 0) is 12.1 Å². The van der Waals surface area contributed by atoms with Crippen molar-refractivity contribution < 1.29 is 13.0 Å². The molecule has 0 spiro atoms. The molecule has 2 N–H and O–H groups in total. The van der Waals surface area contributed by atoms with Crippen LogP contribution in [0.1, 0.15) is 17.9 Å². The standard InChI is InChI=1S/C9H13NO3S/c1-2-10-9(14(11,12)13)8-6-4-3-5-7-8/h3-7,9-10H,2H2,1H3,(H,11,12,13). The van der Waals surface area contributed by atoms with Crippen LogP contribution >= 0.6 is 0 Å². The van der Waals surface area contributed by atoms with Crippen LogP contribution in [0.5, 0.6) is 0 Å². The Hall–Kier alpha value is -0.910. The van der Waals surface area contributed by atoms with Gasteiger partial charge in [0.1, 0.15) is 0 Å². The number of rotatable bonds is 4. The second kappa shape index (κ2) is 4.54. The van der Waals surface area contributed by atoms with Gasteiger partial charge in [0.05, 0.1) is 0 Å². The van der Waals surface area contributed by atoms with Crippen LogP contribution in [0.25, 0.3) is 0 Å². The van der Waals surface area contributed by atoms with Crippen LogP contribution in [0.2, 0.25) is 0 Å². The van der Waals surface area contributed by atoms with Crippen LogP contribution < -0.4 is 5.32 Å². The summed E-state index contributed by atoms with van der Waals surface area (Å²) >= 11 is 0. The maximum Gasteiger partial charge on any atom is 0.285 e. The maximum absolute atomic E-state index is 11.0. The molecule has 0 amide bonds. The van der Waals surface area contributed by atoms with Gasteiger partial charge in [-0.25, -0.2) is 0 Å². The van der Waals surface area contributed by atoms with Crippen LogP contribution in [0, 0.1) is 0 Å². The third kappa shape index (κ3) is 2.80. The summed E-state index contributed by atoms with van der Waals surface area (Å²) in [4.78, 5) is 0. The molecule has 14 heavy (non-hydrogen) atoms. The Kier molecular flexibility index (Phi) is 3.62. The third-order valence-electron chi connectivity index (χ3n) is 1.79. The first-order chi connectivity index (χ1) is 6.55. The first-order valence-electron chi connectivity index (χ1n) is 4.30. The second-order valence-corrected chi connectivity index (χ2v) is 4.36. The molecule has 1 aromatic rings. The van der Waals surface area contributed by atoms with E-state index in [0.717, 1.165) is 0 Å². The van der Waals surface area contributed by atoms with E-state index >= 15 is 0 Å². The number of nitrogens with one attached hydrogen (secondary N) is 1. The fraction of sp³-hybridized carbons (Fsp3) is 0.333. The molecule has 78 valence electrons. The molecular formula is C9H13NO3S. The molecule has 5 heteroatoms. The van der Waals surface area contributed by atoms with Gasteiger partial charge < -0.3 is 0 Å². The highest BCUT2D eigenvalue weighted by Gasteiger charge is 2.23. The fourth-order valence-corrected chi connectivity index (χ4v) is 2.09. The normalized spacial score (nSPS) is 13.9. The van der Waals surface area contributed by atoms with Gasteiger partial charge in [0.25, 0.3) is 10.1 Å². The zero-order valence-electron chi connectivity index (χ0n) is 7.84. The van der Waals surface area contributed by atoms with Crippen molar-refractivity contribution in [3.8, 4) is 0 Å². The van der Waals surface area contributed by atoms with E-state index in [1.54, 1.807) is 37.3 Å².